The van der Waals surface area contributed by atoms with Crippen molar-refractivity contribution in [2.75, 3.05) is 26.9 Å². The van der Waals surface area contributed by atoms with E-state index in [0.29, 0.717) is 13.2 Å². The zero-order chi connectivity index (χ0) is 11.8. The fraction of sp³-hybridized carbons (Fsp3) is 0.538. The number of aliphatic hydroxyl groups is 1. The van der Waals surface area contributed by atoms with Crippen LogP contribution in [0.3, 0.4) is 0 Å². The molecule has 1 N–H and O–H groups in total. The minimum absolute atomic E-state index is 0.150. The Kier molecular flexibility index (Phi) is 5.90. The van der Waals surface area contributed by atoms with Crippen LogP contribution in [0.15, 0.2) is 24.3 Å². The van der Waals surface area contributed by atoms with E-state index in [-0.39, 0.29) is 12.5 Å². The molecular weight excluding hydrogens is 204 g/mol. The van der Waals surface area contributed by atoms with E-state index in [1.54, 1.807) is 7.11 Å². The summed E-state index contributed by atoms with van der Waals surface area (Å²) < 4.78 is 10.5. The van der Waals surface area contributed by atoms with Gasteiger partial charge in [-0.3, -0.25) is 0 Å². The van der Waals surface area contributed by atoms with E-state index in [1.165, 1.54) is 0 Å². The fourth-order valence-electron chi connectivity index (χ4n) is 1.59. The smallest absolute Gasteiger partial charge is 0.119 e. The lowest BCUT2D eigenvalue weighted by Gasteiger charge is -2.14. The van der Waals surface area contributed by atoms with Crippen molar-refractivity contribution in [3.8, 4) is 5.75 Å². The quantitative estimate of drug-likeness (QED) is 0.768. The zero-order valence-corrected chi connectivity index (χ0v) is 9.98. The van der Waals surface area contributed by atoms with Crippen molar-refractivity contribution in [3.63, 3.8) is 0 Å². The second-order valence-electron chi connectivity index (χ2n) is 3.76. The molecule has 1 unspecified atom stereocenters. The molecule has 0 saturated carbocycles. The van der Waals surface area contributed by atoms with Crippen LogP contribution in [0.5, 0.6) is 5.75 Å². The van der Waals surface area contributed by atoms with E-state index in [9.17, 15) is 5.11 Å². The maximum atomic E-state index is 9.23. The summed E-state index contributed by atoms with van der Waals surface area (Å²) >= 11 is 0. The number of ether oxygens (including phenoxy) is 2. The van der Waals surface area contributed by atoms with Gasteiger partial charge in [-0.05, 0) is 31.0 Å². The average molecular weight is 224 g/mol. The van der Waals surface area contributed by atoms with Gasteiger partial charge in [-0.15, -0.1) is 0 Å². The van der Waals surface area contributed by atoms with Crippen molar-refractivity contribution in [1.82, 2.24) is 0 Å². The van der Waals surface area contributed by atoms with Crippen molar-refractivity contribution in [1.29, 1.82) is 0 Å². The molecule has 0 aliphatic rings. The summed E-state index contributed by atoms with van der Waals surface area (Å²) in [4.78, 5) is 0. The molecule has 1 aromatic carbocycles. The molecule has 0 spiro atoms. The van der Waals surface area contributed by atoms with E-state index in [4.69, 9.17) is 9.47 Å². The minimum atomic E-state index is 0.150. The van der Waals surface area contributed by atoms with Gasteiger partial charge < -0.3 is 14.6 Å². The lowest BCUT2D eigenvalue weighted by Crippen LogP contribution is -2.16. The molecule has 0 bridgehead atoms. The fourth-order valence-corrected chi connectivity index (χ4v) is 1.59. The zero-order valence-electron chi connectivity index (χ0n) is 9.98. The van der Waals surface area contributed by atoms with E-state index in [2.05, 4.69) is 0 Å². The molecule has 90 valence electrons. The Hall–Kier alpha value is -1.06. The number of benzene rings is 1. The molecule has 3 heteroatoms. The summed E-state index contributed by atoms with van der Waals surface area (Å²) in [6.45, 7) is 3.40. The third-order valence-electron chi connectivity index (χ3n) is 2.47. The molecule has 0 aliphatic heterocycles. The Morgan fingerprint density at radius 2 is 2.19 bits per heavy atom. The van der Waals surface area contributed by atoms with Crippen LogP contribution < -0.4 is 4.74 Å². The van der Waals surface area contributed by atoms with E-state index in [1.807, 2.05) is 31.2 Å². The SMILES string of the molecule is CCOCC(CO)Cc1cccc(OC)c1. The Morgan fingerprint density at radius 1 is 1.38 bits per heavy atom. The summed E-state index contributed by atoms with van der Waals surface area (Å²) in [5, 5.41) is 9.23. The van der Waals surface area contributed by atoms with E-state index >= 15 is 0 Å². The number of hydrogen-bond donors (Lipinski definition) is 1. The first-order valence-electron chi connectivity index (χ1n) is 5.61. The van der Waals surface area contributed by atoms with Crippen molar-refractivity contribution in [3.05, 3.63) is 29.8 Å². The normalized spacial score (nSPS) is 12.4. The molecule has 0 heterocycles. The van der Waals surface area contributed by atoms with Gasteiger partial charge in [0.1, 0.15) is 5.75 Å². The first-order valence-corrected chi connectivity index (χ1v) is 5.61. The lowest BCUT2D eigenvalue weighted by atomic mass is 10.0. The highest BCUT2D eigenvalue weighted by Gasteiger charge is 2.09. The summed E-state index contributed by atoms with van der Waals surface area (Å²) in [5.74, 6) is 1.01. The van der Waals surface area contributed by atoms with Gasteiger partial charge in [-0.1, -0.05) is 12.1 Å². The average Bonchev–Trinajstić information content (AvgIpc) is 2.34. The molecule has 0 saturated heterocycles. The van der Waals surface area contributed by atoms with Gasteiger partial charge in [0, 0.05) is 19.1 Å². The third-order valence-corrected chi connectivity index (χ3v) is 2.47. The van der Waals surface area contributed by atoms with Gasteiger partial charge >= 0.3 is 0 Å². The predicted molar refractivity (Wildman–Crippen MR) is 63.8 cm³/mol. The molecule has 1 rings (SSSR count). The second kappa shape index (κ2) is 7.25. The van der Waals surface area contributed by atoms with Crippen LogP contribution in [0.25, 0.3) is 0 Å². The number of methoxy groups -OCH3 is 1. The van der Waals surface area contributed by atoms with Crippen LogP contribution in [0.2, 0.25) is 0 Å². The van der Waals surface area contributed by atoms with Gasteiger partial charge in [0.2, 0.25) is 0 Å². The molecule has 0 fully saturated rings. The standard InChI is InChI=1S/C13H20O3/c1-3-16-10-12(9-14)7-11-5-4-6-13(8-11)15-2/h4-6,8,12,14H,3,7,9-10H2,1-2H3. The van der Waals surface area contributed by atoms with E-state index in [0.717, 1.165) is 17.7 Å². The molecule has 0 amide bonds. The van der Waals surface area contributed by atoms with Crippen LogP contribution >= 0.6 is 0 Å². The van der Waals surface area contributed by atoms with Crippen LogP contribution in [0.4, 0.5) is 0 Å². The molecule has 0 aromatic heterocycles. The maximum absolute atomic E-state index is 9.23. The Labute approximate surface area is 97.0 Å². The second-order valence-corrected chi connectivity index (χ2v) is 3.76. The van der Waals surface area contributed by atoms with Gasteiger partial charge in [-0.25, -0.2) is 0 Å². The van der Waals surface area contributed by atoms with Crippen molar-refractivity contribution >= 4 is 0 Å². The largest absolute Gasteiger partial charge is 0.497 e. The number of aliphatic hydroxyl groups excluding tert-OH is 1. The minimum Gasteiger partial charge on any atom is -0.497 e. The first-order chi connectivity index (χ1) is 7.80. The molecule has 0 aliphatic carbocycles. The van der Waals surface area contributed by atoms with Crippen LogP contribution in [0.1, 0.15) is 12.5 Å². The summed E-state index contributed by atoms with van der Waals surface area (Å²) in [7, 11) is 1.66. The van der Waals surface area contributed by atoms with E-state index < -0.39 is 0 Å². The van der Waals surface area contributed by atoms with Crippen molar-refractivity contribution < 1.29 is 14.6 Å². The molecule has 0 radical (unpaired) electrons. The highest BCUT2D eigenvalue weighted by atomic mass is 16.5. The maximum Gasteiger partial charge on any atom is 0.119 e. The van der Waals surface area contributed by atoms with Gasteiger partial charge in [0.15, 0.2) is 0 Å². The summed E-state index contributed by atoms with van der Waals surface area (Å²) in [6, 6.07) is 7.91. The highest BCUT2D eigenvalue weighted by molar-refractivity contribution is 5.28. The third kappa shape index (κ3) is 4.21. The highest BCUT2D eigenvalue weighted by Crippen LogP contribution is 2.16. The van der Waals surface area contributed by atoms with Crippen LogP contribution in [-0.4, -0.2) is 32.0 Å². The van der Waals surface area contributed by atoms with Gasteiger partial charge in [0.25, 0.3) is 0 Å². The monoisotopic (exact) mass is 224 g/mol. The molecule has 3 nitrogen and oxygen atoms in total. The van der Waals surface area contributed by atoms with Crippen molar-refractivity contribution in [2.24, 2.45) is 5.92 Å². The van der Waals surface area contributed by atoms with Crippen molar-refractivity contribution in [2.45, 2.75) is 13.3 Å². The number of hydrogen-bond acceptors (Lipinski definition) is 3. The molecule has 1 aromatic rings. The number of rotatable bonds is 7. The predicted octanol–water partition coefficient (Wildman–Crippen LogP) is 1.88. The van der Waals surface area contributed by atoms with Crippen LogP contribution in [0, 0.1) is 5.92 Å². The first kappa shape index (κ1) is 13.0. The lowest BCUT2D eigenvalue weighted by molar-refractivity contribution is 0.0810. The van der Waals surface area contributed by atoms with Crippen LogP contribution in [-0.2, 0) is 11.2 Å². The van der Waals surface area contributed by atoms with Gasteiger partial charge in [0.05, 0.1) is 13.7 Å². The Balaban J connectivity index is 2.55. The Morgan fingerprint density at radius 3 is 2.81 bits per heavy atom. The molecular formula is C13H20O3. The molecule has 16 heavy (non-hydrogen) atoms. The Bertz CT molecular complexity index is 299. The molecule has 1 atom stereocenters. The van der Waals surface area contributed by atoms with Gasteiger partial charge in [-0.2, -0.15) is 0 Å². The topological polar surface area (TPSA) is 38.7 Å². The summed E-state index contributed by atoms with van der Waals surface area (Å²) in [5.41, 5.74) is 1.16. The summed E-state index contributed by atoms with van der Waals surface area (Å²) in [6.07, 6.45) is 0.813.